The third-order valence-electron chi connectivity index (χ3n) is 4.23. The summed E-state index contributed by atoms with van der Waals surface area (Å²) in [7, 11) is 1.36. The molecule has 2 heterocycles. The molecule has 1 aromatic carbocycles. The van der Waals surface area contributed by atoms with Crippen LogP contribution in [0.15, 0.2) is 35.5 Å². The molecule has 0 bridgehead atoms. The molecule has 0 saturated heterocycles. The first-order chi connectivity index (χ1) is 12.5. The van der Waals surface area contributed by atoms with Crippen LogP contribution in [0.5, 0.6) is 0 Å². The van der Waals surface area contributed by atoms with E-state index in [0.717, 1.165) is 21.1 Å². The van der Waals surface area contributed by atoms with Crippen molar-refractivity contribution in [3.8, 4) is 0 Å². The Morgan fingerprint density at radius 1 is 1.27 bits per heavy atom. The summed E-state index contributed by atoms with van der Waals surface area (Å²) in [4.78, 5) is 23.4. The topological polar surface area (TPSA) is 70.0 Å². The number of oxime groups is 1. The third-order valence-corrected chi connectivity index (χ3v) is 5.28. The highest BCUT2D eigenvalue weighted by Gasteiger charge is 2.47. The molecule has 26 heavy (non-hydrogen) atoms. The fourth-order valence-electron chi connectivity index (χ4n) is 2.98. The number of rotatable bonds is 7. The van der Waals surface area contributed by atoms with Crippen molar-refractivity contribution in [2.75, 3.05) is 13.7 Å². The lowest BCUT2D eigenvalue weighted by Gasteiger charge is -2.23. The monoisotopic (exact) mass is 374 g/mol. The molecule has 0 amide bonds. The summed E-state index contributed by atoms with van der Waals surface area (Å²) in [5.41, 5.74) is 1.56. The number of hydrogen-bond acceptors (Lipinski definition) is 7. The molecule has 0 aliphatic carbocycles. The molecule has 1 aliphatic rings. The Labute approximate surface area is 156 Å². The Morgan fingerprint density at radius 3 is 2.69 bits per heavy atom. The maximum atomic E-state index is 12.4. The van der Waals surface area contributed by atoms with Gasteiger partial charge in [0.15, 0.2) is 0 Å². The van der Waals surface area contributed by atoms with Crippen molar-refractivity contribution in [3.05, 3.63) is 51.5 Å². The van der Waals surface area contributed by atoms with E-state index in [2.05, 4.69) is 10.1 Å². The smallest absolute Gasteiger partial charge is 0.353 e. The van der Waals surface area contributed by atoms with Crippen LogP contribution in [0, 0.1) is 13.8 Å². The average Bonchev–Trinajstić information content (AvgIpc) is 3.19. The van der Waals surface area contributed by atoms with Crippen LogP contribution in [0.4, 0.5) is 0 Å². The Hall–Kier alpha value is -2.25. The summed E-state index contributed by atoms with van der Waals surface area (Å²) in [6.45, 7) is 4.73. The van der Waals surface area contributed by atoms with E-state index in [0.29, 0.717) is 31.8 Å². The minimum atomic E-state index is -1.12. The lowest BCUT2D eigenvalue weighted by molar-refractivity contribution is -0.166. The largest absolute Gasteiger partial charge is 0.466 e. The minimum Gasteiger partial charge on any atom is -0.466 e. The number of aryl methyl sites for hydroxylation is 2. The maximum absolute atomic E-state index is 12.4. The number of esters is 1. The molecule has 1 unspecified atom stereocenters. The van der Waals surface area contributed by atoms with Crippen molar-refractivity contribution < 1.29 is 19.1 Å². The molecule has 1 aromatic heterocycles. The SMILES string of the molecule is COC(=O)C1(Cc2ccccc2)CC(COCc2sc(C)nc2C)=NO1. The standard InChI is InChI=1S/C19H22N2O4S/c1-13-17(26-14(2)20-13)12-24-11-16-10-19(25-21-16,18(22)23-3)9-15-7-5-4-6-8-15/h4-8H,9-12H2,1-3H3. The lowest BCUT2D eigenvalue weighted by Crippen LogP contribution is -2.42. The van der Waals surface area contributed by atoms with E-state index in [1.807, 2.05) is 44.2 Å². The molecule has 0 saturated carbocycles. The van der Waals surface area contributed by atoms with E-state index in [-0.39, 0.29) is 0 Å². The van der Waals surface area contributed by atoms with Gasteiger partial charge in [-0.3, -0.25) is 0 Å². The summed E-state index contributed by atoms with van der Waals surface area (Å²) in [6.07, 6.45) is 0.760. The molecule has 6 nitrogen and oxygen atoms in total. The molecule has 1 aliphatic heterocycles. The van der Waals surface area contributed by atoms with E-state index in [1.165, 1.54) is 7.11 Å². The molecule has 7 heteroatoms. The summed E-state index contributed by atoms with van der Waals surface area (Å²) in [6, 6.07) is 9.71. The second-order valence-electron chi connectivity index (χ2n) is 6.31. The molecule has 0 radical (unpaired) electrons. The van der Waals surface area contributed by atoms with Crippen LogP contribution in [0.1, 0.15) is 27.6 Å². The van der Waals surface area contributed by atoms with Crippen LogP contribution in [0.2, 0.25) is 0 Å². The highest BCUT2D eigenvalue weighted by molar-refractivity contribution is 7.11. The zero-order valence-electron chi connectivity index (χ0n) is 15.2. The zero-order valence-corrected chi connectivity index (χ0v) is 16.0. The number of carbonyl (C=O) groups is 1. The summed E-state index contributed by atoms with van der Waals surface area (Å²) in [5.74, 6) is -0.422. The van der Waals surface area contributed by atoms with E-state index in [1.54, 1.807) is 11.3 Å². The number of ether oxygens (including phenoxy) is 2. The first-order valence-electron chi connectivity index (χ1n) is 8.39. The fraction of sp³-hybridized carbons (Fsp3) is 0.421. The van der Waals surface area contributed by atoms with E-state index in [4.69, 9.17) is 14.3 Å². The number of aromatic nitrogens is 1. The van der Waals surface area contributed by atoms with Crippen molar-refractivity contribution in [3.63, 3.8) is 0 Å². The van der Waals surface area contributed by atoms with E-state index < -0.39 is 11.6 Å². The molecule has 2 aromatic rings. The van der Waals surface area contributed by atoms with Gasteiger partial charge in [-0.1, -0.05) is 35.5 Å². The lowest BCUT2D eigenvalue weighted by atomic mass is 9.90. The predicted molar refractivity (Wildman–Crippen MR) is 99.3 cm³/mol. The second kappa shape index (κ2) is 7.97. The van der Waals surface area contributed by atoms with Gasteiger partial charge >= 0.3 is 5.97 Å². The number of nitrogens with zero attached hydrogens (tertiary/aromatic N) is 2. The van der Waals surface area contributed by atoms with Gasteiger partial charge in [0, 0.05) is 12.8 Å². The quantitative estimate of drug-likeness (QED) is 0.696. The summed E-state index contributed by atoms with van der Waals surface area (Å²) >= 11 is 1.63. The fourth-order valence-corrected chi connectivity index (χ4v) is 3.86. The number of carbonyl (C=O) groups excluding carboxylic acids is 1. The van der Waals surface area contributed by atoms with Gasteiger partial charge in [0.2, 0.25) is 5.60 Å². The van der Waals surface area contributed by atoms with Crippen molar-refractivity contribution >= 4 is 23.0 Å². The van der Waals surface area contributed by atoms with Crippen LogP contribution in [0.3, 0.4) is 0 Å². The third kappa shape index (κ3) is 4.11. The van der Waals surface area contributed by atoms with Gasteiger partial charge in [0.1, 0.15) is 0 Å². The molecular formula is C19H22N2O4S. The number of methoxy groups -OCH3 is 1. The van der Waals surface area contributed by atoms with Crippen LogP contribution >= 0.6 is 11.3 Å². The van der Waals surface area contributed by atoms with Crippen LogP contribution in [0.25, 0.3) is 0 Å². The molecule has 0 spiro atoms. The Morgan fingerprint density at radius 2 is 2.04 bits per heavy atom. The van der Waals surface area contributed by atoms with Gasteiger partial charge in [-0.05, 0) is 19.4 Å². The first-order valence-corrected chi connectivity index (χ1v) is 9.21. The summed E-state index contributed by atoms with van der Waals surface area (Å²) in [5, 5.41) is 5.12. The van der Waals surface area contributed by atoms with Gasteiger partial charge in [0.05, 0.1) is 41.6 Å². The average molecular weight is 374 g/mol. The van der Waals surface area contributed by atoms with Gasteiger partial charge in [-0.25, -0.2) is 9.78 Å². The second-order valence-corrected chi connectivity index (χ2v) is 7.60. The maximum Gasteiger partial charge on any atom is 0.353 e. The van der Waals surface area contributed by atoms with E-state index in [9.17, 15) is 4.79 Å². The van der Waals surface area contributed by atoms with Crippen molar-refractivity contribution in [1.29, 1.82) is 0 Å². The van der Waals surface area contributed by atoms with Crippen LogP contribution in [-0.2, 0) is 32.1 Å². The van der Waals surface area contributed by atoms with E-state index >= 15 is 0 Å². The highest BCUT2D eigenvalue weighted by atomic mass is 32.1. The van der Waals surface area contributed by atoms with Gasteiger partial charge in [-0.2, -0.15) is 0 Å². The van der Waals surface area contributed by atoms with Gasteiger partial charge in [0.25, 0.3) is 0 Å². The van der Waals surface area contributed by atoms with Crippen LogP contribution < -0.4 is 0 Å². The van der Waals surface area contributed by atoms with Crippen molar-refractivity contribution in [2.45, 2.75) is 38.9 Å². The molecule has 138 valence electrons. The Kier molecular flexibility index (Phi) is 5.68. The summed E-state index contributed by atoms with van der Waals surface area (Å²) < 4.78 is 10.7. The predicted octanol–water partition coefficient (Wildman–Crippen LogP) is 3.21. The van der Waals surface area contributed by atoms with Gasteiger partial charge in [-0.15, -0.1) is 11.3 Å². The van der Waals surface area contributed by atoms with Crippen molar-refractivity contribution in [1.82, 2.24) is 4.98 Å². The number of hydrogen-bond donors (Lipinski definition) is 0. The molecular weight excluding hydrogens is 352 g/mol. The molecule has 0 fully saturated rings. The Balaban J connectivity index is 1.61. The number of benzene rings is 1. The first kappa shape index (κ1) is 18.5. The van der Waals surface area contributed by atoms with Gasteiger partial charge < -0.3 is 14.3 Å². The highest BCUT2D eigenvalue weighted by Crippen LogP contribution is 2.30. The van der Waals surface area contributed by atoms with Crippen molar-refractivity contribution in [2.24, 2.45) is 5.16 Å². The molecule has 0 N–H and O–H groups in total. The Bertz CT molecular complexity index is 803. The molecule has 1 atom stereocenters. The minimum absolute atomic E-state index is 0.309. The number of thiazole rings is 1. The zero-order chi connectivity index (χ0) is 18.6. The van der Waals surface area contributed by atoms with Crippen LogP contribution in [-0.4, -0.2) is 36.0 Å². The normalized spacial score (nSPS) is 19.1. The molecule has 3 rings (SSSR count).